The van der Waals surface area contributed by atoms with E-state index >= 15 is 0 Å². The molecule has 0 aliphatic rings. The molecule has 22 heavy (non-hydrogen) atoms. The monoisotopic (exact) mass is 320 g/mol. The van der Waals surface area contributed by atoms with Gasteiger partial charge in [0, 0.05) is 38.2 Å². The van der Waals surface area contributed by atoms with Crippen molar-refractivity contribution in [1.82, 2.24) is 9.55 Å². The molecule has 0 bridgehead atoms. The summed E-state index contributed by atoms with van der Waals surface area (Å²) in [6.45, 7) is 7.97. The highest BCUT2D eigenvalue weighted by Gasteiger charge is 2.14. The lowest BCUT2D eigenvalue weighted by Crippen LogP contribution is -2.22. The van der Waals surface area contributed by atoms with Crippen molar-refractivity contribution in [3.05, 3.63) is 42.0 Å². The molecule has 118 valence electrons. The van der Waals surface area contributed by atoms with Crippen LogP contribution in [-0.2, 0) is 11.5 Å². The first-order valence-corrected chi connectivity index (χ1v) is 11.0. The molecule has 0 saturated carbocycles. The number of rotatable bonds is 7. The molecular formula is C16H21FN2O2Si. The molecule has 2 aromatic rings. The zero-order chi connectivity index (χ0) is 16.2. The van der Waals surface area contributed by atoms with Crippen molar-refractivity contribution >= 4 is 14.4 Å². The Labute approximate surface area is 131 Å². The molecule has 0 amide bonds. The molecule has 0 atom stereocenters. The molecule has 0 unspecified atom stereocenters. The number of carbonyl (C=O) groups is 1. The van der Waals surface area contributed by atoms with E-state index in [9.17, 15) is 9.18 Å². The van der Waals surface area contributed by atoms with Gasteiger partial charge in [0.05, 0.1) is 0 Å². The van der Waals surface area contributed by atoms with E-state index in [1.165, 1.54) is 12.1 Å². The Bertz CT molecular complexity index is 650. The largest absolute Gasteiger partial charge is 0.361 e. The summed E-state index contributed by atoms with van der Waals surface area (Å²) < 4.78 is 20.8. The number of benzene rings is 1. The molecule has 6 heteroatoms. The van der Waals surface area contributed by atoms with E-state index in [0.717, 1.165) is 6.04 Å². The summed E-state index contributed by atoms with van der Waals surface area (Å²) in [5.74, 6) is 0.172. The Hall–Kier alpha value is -1.79. The van der Waals surface area contributed by atoms with Gasteiger partial charge in [0.25, 0.3) is 0 Å². The third kappa shape index (κ3) is 4.35. The molecule has 1 aromatic heterocycles. The van der Waals surface area contributed by atoms with E-state index in [2.05, 4.69) is 24.6 Å². The van der Waals surface area contributed by atoms with Gasteiger partial charge in [-0.1, -0.05) is 19.6 Å². The standard InChI is InChI=1S/C16H21FN2O2Si/c1-22(2,3)9-8-21-12-19-7-6-18-16(19)15-5-4-14(17)10-13(15)11-20/h4-7,10-11H,8-9,12H2,1-3H3. The van der Waals surface area contributed by atoms with Gasteiger partial charge in [-0.3, -0.25) is 4.79 Å². The van der Waals surface area contributed by atoms with Crippen molar-refractivity contribution in [2.75, 3.05) is 6.61 Å². The van der Waals surface area contributed by atoms with Crippen molar-refractivity contribution in [3.8, 4) is 11.4 Å². The average molecular weight is 320 g/mol. The van der Waals surface area contributed by atoms with Crippen LogP contribution < -0.4 is 0 Å². The van der Waals surface area contributed by atoms with Crippen LogP contribution in [0.1, 0.15) is 10.4 Å². The normalized spacial score (nSPS) is 11.6. The van der Waals surface area contributed by atoms with Crippen LogP contribution in [0.2, 0.25) is 25.7 Å². The van der Waals surface area contributed by atoms with Crippen molar-refractivity contribution in [3.63, 3.8) is 0 Å². The molecular weight excluding hydrogens is 299 g/mol. The molecule has 1 heterocycles. The Morgan fingerprint density at radius 1 is 1.36 bits per heavy atom. The number of imidazole rings is 1. The molecule has 1 aromatic carbocycles. The third-order valence-electron chi connectivity index (χ3n) is 3.32. The lowest BCUT2D eigenvalue weighted by Gasteiger charge is -2.16. The van der Waals surface area contributed by atoms with Gasteiger partial charge < -0.3 is 9.30 Å². The van der Waals surface area contributed by atoms with Gasteiger partial charge in [0.2, 0.25) is 0 Å². The molecule has 2 rings (SSSR count). The summed E-state index contributed by atoms with van der Waals surface area (Å²) in [4.78, 5) is 15.4. The minimum absolute atomic E-state index is 0.287. The Morgan fingerprint density at radius 2 is 2.14 bits per heavy atom. The Balaban J connectivity index is 2.11. The van der Waals surface area contributed by atoms with Crippen molar-refractivity contribution in [1.29, 1.82) is 0 Å². The lowest BCUT2D eigenvalue weighted by atomic mass is 10.1. The SMILES string of the molecule is C[Si](C)(C)CCOCn1ccnc1-c1ccc(F)cc1C=O. The second kappa shape index (κ2) is 6.98. The van der Waals surface area contributed by atoms with E-state index < -0.39 is 13.9 Å². The highest BCUT2D eigenvalue weighted by atomic mass is 28.3. The van der Waals surface area contributed by atoms with Crippen LogP contribution in [0.25, 0.3) is 11.4 Å². The second-order valence-corrected chi connectivity index (χ2v) is 12.0. The average Bonchev–Trinajstić information content (AvgIpc) is 2.90. The minimum atomic E-state index is -1.12. The zero-order valence-corrected chi connectivity index (χ0v) is 14.2. The smallest absolute Gasteiger partial charge is 0.150 e. The summed E-state index contributed by atoms with van der Waals surface area (Å²) in [6, 6.07) is 5.20. The van der Waals surface area contributed by atoms with Gasteiger partial charge in [0.15, 0.2) is 6.29 Å². The maximum atomic E-state index is 13.2. The maximum absolute atomic E-state index is 13.2. The fourth-order valence-corrected chi connectivity index (χ4v) is 2.79. The predicted octanol–water partition coefficient (Wildman–Crippen LogP) is 3.81. The van der Waals surface area contributed by atoms with E-state index in [4.69, 9.17) is 4.74 Å². The highest BCUT2D eigenvalue weighted by Crippen LogP contribution is 2.22. The Morgan fingerprint density at radius 3 is 2.82 bits per heavy atom. The molecule has 0 spiro atoms. The summed E-state index contributed by atoms with van der Waals surface area (Å²) in [5, 5.41) is 0. The van der Waals surface area contributed by atoms with Gasteiger partial charge in [-0.05, 0) is 24.2 Å². The van der Waals surface area contributed by atoms with Crippen molar-refractivity contribution < 1.29 is 13.9 Å². The van der Waals surface area contributed by atoms with E-state index in [1.54, 1.807) is 18.5 Å². The fourth-order valence-electron chi connectivity index (χ4n) is 2.03. The number of nitrogens with zero attached hydrogens (tertiary/aromatic N) is 2. The molecule has 0 N–H and O–H groups in total. The van der Waals surface area contributed by atoms with Gasteiger partial charge in [-0.2, -0.15) is 0 Å². The molecule has 0 radical (unpaired) electrons. The van der Waals surface area contributed by atoms with E-state index in [-0.39, 0.29) is 5.56 Å². The molecule has 0 aliphatic carbocycles. The fraction of sp³-hybridized carbons (Fsp3) is 0.375. The molecule has 0 aliphatic heterocycles. The van der Waals surface area contributed by atoms with Crippen LogP contribution in [0.15, 0.2) is 30.6 Å². The quantitative estimate of drug-likeness (QED) is 0.442. The maximum Gasteiger partial charge on any atom is 0.150 e. The van der Waals surface area contributed by atoms with Crippen molar-refractivity contribution in [2.24, 2.45) is 0 Å². The third-order valence-corrected chi connectivity index (χ3v) is 5.03. The van der Waals surface area contributed by atoms with Gasteiger partial charge in [-0.15, -0.1) is 0 Å². The first-order valence-electron chi connectivity index (χ1n) is 7.25. The van der Waals surface area contributed by atoms with Crippen LogP contribution in [0.3, 0.4) is 0 Å². The summed E-state index contributed by atoms with van der Waals surface area (Å²) in [6.07, 6.45) is 4.08. The first kappa shape index (κ1) is 16.6. The Kier molecular flexibility index (Phi) is 5.26. The summed E-state index contributed by atoms with van der Waals surface area (Å²) in [5.41, 5.74) is 0.893. The number of carbonyl (C=O) groups excluding carboxylic acids is 1. The number of aldehydes is 1. The number of halogens is 1. The van der Waals surface area contributed by atoms with Crippen LogP contribution in [0, 0.1) is 5.82 Å². The van der Waals surface area contributed by atoms with E-state index in [0.29, 0.717) is 31.0 Å². The van der Waals surface area contributed by atoms with Gasteiger partial charge in [-0.25, -0.2) is 9.37 Å². The minimum Gasteiger partial charge on any atom is -0.361 e. The van der Waals surface area contributed by atoms with Crippen LogP contribution in [0.5, 0.6) is 0 Å². The van der Waals surface area contributed by atoms with Gasteiger partial charge >= 0.3 is 0 Å². The lowest BCUT2D eigenvalue weighted by molar-refractivity contribution is 0.0882. The number of ether oxygens (including phenoxy) is 1. The van der Waals surface area contributed by atoms with Crippen LogP contribution in [-0.4, -0.2) is 30.5 Å². The summed E-state index contributed by atoms with van der Waals surface area (Å²) in [7, 11) is -1.12. The number of hydrogen-bond donors (Lipinski definition) is 0. The van der Waals surface area contributed by atoms with Crippen LogP contribution in [0.4, 0.5) is 4.39 Å². The zero-order valence-electron chi connectivity index (χ0n) is 13.2. The second-order valence-electron chi connectivity index (χ2n) is 6.42. The molecule has 0 fully saturated rings. The topological polar surface area (TPSA) is 44.1 Å². The predicted molar refractivity (Wildman–Crippen MR) is 87.1 cm³/mol. The first-order chi connectivity index (χ1) is 10.4. The number of aromatic nitrogens is 2. The highest BCUT2D eigenvalue weighted by molar-refractivity contribution is 6.76. The van der Waals surface area contributed by atoms with E-state index in [1.807, 2.05) is 4.57 Å². The number of hydrogen-bond acceptors (Lipinski definition) is 3. The molecule has 0 saturated heterocycles. The van der Waals surface area contributed by atoms with Crippen molar-refractivity contribution in [2.45, 2.75) is 32.4 Å². The summed E-state index contributed by atoms with van der Waals surface area (Å²) >= 11 is 0. The van der Waals surface area contributed by atoms with Gasteiger partial charge in [0.1, 0.15) is 18.4 Å². The molecule has 4 nitrogen and oxygen atoms in total. The van der Waals surface area contributed by atoms with Crippen LogP contribution >= 0.6 is 0 Å².